The molecule has 3 nitrogen and oxygen atoms in total. The van der Waals surface area contributed by atoms with Crippen molar-refractivity contribution in [3.63, 3.8) is 0 Å². The summed E-state index contributed by atoms with van der Waals surface area (Å²) in [6.07, 6.45) is 0.610. The standard InChI is InChI=1S/C11H15NO2/c1-8(13)10-4-3-9(7-11(10)14)12-5-2-6-12/h3-4,7-8,13-14H,2,5-6H2,1H3. The minimum Gasteiger partial charge on any atom is -0.507 e. The van der Waals surface area contributed by atoms with Gasteiger partial charge in [0, 0.05) is 30.4 Å². The number of nitrogens with zero attached hydrogens (tertiary/aromatic N) is 1. The van der Waals surface area contributed by atoms with E-state index in [0.717, 1.165) is 18.8 Å². The highest BCUT2D eigenvalue weighted by Gasteiger charge is 2.16. The molecule has 1 aromatic carbocycles. The predicted octanol–water partition coefficient (Wildman–Crippen LogP) is 1.66. The Morgan fingerprint density at radius 2 is 2.07 bits per heavy atom. The molecule has 0 aliphatic carbocycles. The van der Waals surface area contributed by atoms with Crippen LogP contribution in [-0.2, 0) is 0 Å². The summed E-state index contributed by atoms with van der Waals surface area (Å²) >= 11 is 0. The Balaban J connectivity index is 2.25. The van der Waals surface area contributed by atoms with Crippen LogP contribution in [0.2, 0.25) is 0 Å². The lowest BCUT2D eigenvalue weighted by molar-refractivity contribution is 0.195. The maximum absolute atomic E-state index is 9.64. The van der Waals surface area contributed by atoms with Gasteiger partial charge in [0.15, 0.2) is 0 Å². The first kappa shape index (κ1) is 9.34. The van der Waals surface area contributed by atoms with Crippen molar-refractivity contribution in [1.29, 1.82) is 0 Å². The highest BCUT2D eigenvalue weighted by molar-refractivity contribution is 5.55. The normalized spacial score (nSPS) is 17.7. The summed E-state index contributed by atoms with van der Waals surface area (Å²) in [6.45, 7) is 3.78. The fraction of sp³-hybridized carbons (Fsp3) is 0.455. The fourth-order valence-corrected chi connectivity index (χ4v) is 1.66. The molecule has 0 bridgehead atoms. The molecule has 0 radical (unpaired) electrons. The Bertz CT molecular complexity index is 332. The summed E-state index contributed by atoms with van der Waals surface area (Å²) in [5.41, 5.74) is 1.63. The highest BCUT2D eigenvalue weighted by Crippen LogP contribution is 2.30. The van der Waals surface area contributed by atoms with Crippen LogP contribution in [0.4, 0.5) is 5.69 Å². The van der Waals surface area contributed by atoms with Gasteiger partial charge in [-0.05, 0) is 19.4 Å². The zero-order chi connectivity index (χ0) is 10.1. The fourth-order valence-electron chi connectivity index (χ4n) is 1.66. The minimum atomic E-state index is -0.611. The molecule has 0 spiro atoms. The SMILES string of the molecule is CC(O)c1ccc(N2CCC2)cc1O. The van der Waals surface area contributed by atoms with Gasteiger partial charge in [0.2, 0.25) is 0 Å². The van der Waals surface area contributed by atoms with E-state index < -0.39 is 6.10 Å². The van der Waals surface area contributed by atoms with Gasteiger partial charge in [-0.3, -0.25) is 0 Å². The third kappa shape index (κ3) is 1.55. The van der Waals surface area contributed by atoms with Gasteiger partial charge in [-0.1, -0.05) is 6.07 Å². The highest BCUT2D eigenvalue weighted by atomic mass is 16.3. The summed E-state index contributed by atoms with van der Waals surface area (Å²) in [5, 5.41) is 19.0. The van der Waals surface area contributed by atoms with E-state index in [2.05, 4.69) is 4.90 Å². The van der Waals surface area contributed by atoms with E-state index in [0.29, 0.717) is 5.56 Å². The molecule has 1 saturated heterocycles. The van der Waals surface area contributed by atoms with Crippen molar-refractivity contribution in [3.05, 3.63) is 23.8 Å². The van der Waals surface area contributed by atoms with Crippen LogP contribution < -0.4 is 4.90 Å². The number of anilines is 1. The molecule has 0 aromatic heterocycles. The van der Waals surface area contributed by atoms with Gasteiger partial charge in [0.1, 0.15) is 5.75 Å². The van der Waals surface area contributed by atoms with Crippen molar-refractivity contribution >= 4 is 5.69 Å². The number of aliphatic hydroxyl groups is 1. The zero-order valence-corrected chi connectivity index (χ0v) is 8.27. The number of aliphatic hydroxyl groups excluding tert-OH is 1. The molecular formula is C11H15NO2. The Labute approximate surface area is 83.6 Å². The Morgan fingerprint density at radius 1 is 1.36 bits per heavy atom. The summed E-state index contributed by atoms with van der Waals surface area (Å²) in [6, 6.07) is 5.45. The van der Waals surface area contributed by atoms with E-state index in [1.165, 1.54) is 6.42 Å². The van der Waals surface area contributed by atoms with E-state index in [4.69, 9.17) is 0 Å². The second-order valence-electron chi connectivity index (χ2n) is 3.76. The van der Waals surface area contributed by atoms with Crippen LogP contribution in [0.15, 0.2) is 18.2 Å². The van der Waals surface area contributed by atoms with Crippen LogP contribution in [0, 0.1) is 0 Å². The van der Waals surface area contributed by atoms with E-state index >= 15 is 0 Å². The van der Waals surface area contributed by atoms with Crippen LogP contribution >= 0.6 is 0 Å². The molecule has 1 aliphatic rings. The number of rotatable bonds is 2. The maximum atomic E-state index is 9.64. The van der Waals surface area contributed by atoms with Crippen LogP contribution in [0.1, 0.15) is 25.0 Å². The second-order valence-corrected chi connectivity index (χ2v) is 3.76. The van der Waals surface area contributed by atoms with Crippen LogP contribution in [0.25, 0.3) is 0 Å². The van der Waals surface area contributed by atoms with Crippen molar-refractivity contribution in [2.24, 2.45) is 0 Å². The van der Waals surface area contributed by atoms with Gasteiger partial charge in [0.05, 0.1) is 6.10 Å². The Kier molecular flexibility index (Phi) is 2.33. The third-order valence-corrected chi connectivity index (χ3v) is 2.69. The van der Waals surface area contributed by atoms with E-state index in [-0.39, 0.29) is 5.75 Å². The van der Waals surface area contributed by atoms with Crippen LogP contribution in [-0.4, -0.2) is 23.3 Å². The van der Waals surface area contributed by atoms with E-state index in [9.17, 15) is 10.2 Å². The number of benzene rings is 1. The van der Waals surface area contributed by atoms with Gasteiger partial charge >= 0.3 is 0 Å². The first-order chi connectivity index (χ1) is 6.68. The molecule has 1 atom stereocenters. The topological polar surface area (TPSA) is 43.7 Å². The lowest BCUT2D eigenvalue weighted by atomic mass is 10.1. The van der Waals surface area contributed by atoms with E-state index in [1.807, 2.05) is 6.07 Å². The van der Waals surface area contributed by atoms with Gasteiger partial charge < -0.3 is 15.1 Å². The lowest BCUT2D eigenvalue weighted by Gasteiger charge is -2.33. The number of phenolic OH excluding ortho intramolecular Hbond substituents is 1. The van der Waals surface area contributed by atoms with Gasteiger partial charge in [-0.15, -0.1) is 0 Å². The molecule has 0 saturated carbocycles. The summed E-state index contributed by atoms with van der Waals surface area (Å²) in [7, 11) is 0. The Morgan fingerprint density at radius 3 is 2.50 bits per heavy atom. The molecular weight excluding hydrogens is 178 g/mol. The van der Waals surface area contributed by atoms with Gasteiger partial charge in [0.25, 0.3) is 0 Å². The number of hydrogen-bond donors (Lipinski definition) is 2. The summed E-state index contributed by atoms with van der Waals surface area (Å²) in [5.74, 6) is 0.185. The average Bonchev–Trinajstić information content (AvgIpc) is 2.00. The molecule has 2 N–H and O–H groups in total. The molecule has 1 heterocycles. The summed E-state index contributed by atoms with van der Waals surface area (Å²) < 4.78 is 0. The van der Waals surface area contributed by atoms with Crippen molar-refractivity contribution < 1.29 is 10.2 Å². The third-order valence-electron chi connectivity index (χ3n) is 2.69. The van der Waals surface area contributed by atoms with Crippen molar-refractivity contribution in [3.8, 4) is 5.75 Å². The largest absolute Gasteiger partial charge is 0.507 e. The lowest BCUT2D eigenvalue weighted by Crippen LogP contribution is -2.36. The molecule has 76 valence electrons. The summed E-state index contributed by atoms with van der Waals surface area (Å²) in [4.78, 5) is 2.20. The molecule has 1 unspecified atom stereocenters. The molecule has 0 amide bonds. The van der Waals surface area contributed by atoms with E-state index in [1.54, 1.807) is 19.1 Å². The van der Waals surface area contributed by atoms with Crippen molar-refractivity contribution in [2.45, 2.75) is 19.4 Å². The first-order valence-electron chi connectivity index (χ1n) is 4.94. The number of aromatic hydroxyl groups is 1. The molecule has 2 rings (SSSR count). The first-order valence-corrected chi connectivity index (χ1v) is 4.94. The monoisotopic (exact) mass is 193 g/mol. The zero-order valence-electron chi connectivity index (χ0n) is 8.27. The second kappa shape index (κ2) is 3.50. The molecule has 1 aromatic rings. The molecule has 1 aliphatic heterocycles. The van der Waals surface area contributed by atoms with Gasteiger partial charge in [-0.25, -0.2) is 0 Å². The van der Waals surface area contributed by atoms with Crippen molar-refractivity contribution in [1.82, 2.24) is 0 Å². The molecule has 1 fully saturated rings. The number of hydrogen-bond acceptors (Lipinski definition) is 3. The quantitative estimate of drug-likeness (QED) is 0.750. The van der Waals surface area contributed by atoms with Gasteiger partial charge in [-0.2, -0.15) is 0 Å². The average molecular weight is 193 g/mol. The predicted molar refractivity (Wildman–Crippen MR) is 55.6 cm³/mol. The van der Waals surface area contributed by atoms with Crippen LogP contribution in [0.5, 0.6) is 5.75 Å². The Hall–Kier alpha value is -1.22. The van der Waals surface area contributed by atoms with Crippen molar-refractivity contribution in [2.75, 3.05) is 18.0 Å². The molecule has 14 heavy (non-hydrogen) atoms. The minimum absolute atomic E-state index is 0.185. The number of phenols is 1. The smallest absolute Gasteiger partial charge is 0.123 e. The maximum Gasteiger partial charge on any atom is 0.123 e. The van der Waals surface area contributed by atoms with Crippen LogP contribution in [0.3, 0.4) is 0 Å². The molecule has 3 heteroatoms.